The summed E-state index contributed by atoms with van der Waals surface area (Å²) in [5.74, 6) is -1.34. The van der Waals surface area contributed by atoms with Crippen molar-refractivity contribution < 1.29 is 32.6 Å². The number of benzene rings is 3. The van der Waals surface area contributed by atoms with E-state index < -0.39 is 25.1 Å². The third kappa shape index (κ3) is 4.98. The molecule has 3 aromatic rings. The Morgan fingerprint density at radius 3 is 2.31 bits per heavy atom. The second-order valence-electron chi connectivity index (χ2n) is 5.90. The van der Waals surface area contributed by atoms with Gasteiger partial charge in [0.25, 0.3) is 5.91 Å². The van der Waals surface area contributed by atoms with E-state index in [2.05, 4.69) is 10.1 Å². The Kier molecular flexibility index (Phi) is 6.23. The van der Waals surface area contributed by atoms with Gasteiger partial charge < -0.3 is 19.5 Å². The normalized spacial score (nSPS) is 10.6. The summed E-state index contributed by atoms with van der Waals surface area (Å²) < 4.78 is 39.5. The molecule has 29 heavy (non-hydrogen) atoms. The molecule has 6 nitrogen and oxygen atoms in total. The van der Waals surface area contributed by atoms with Crippen molar-refractivity contribution in [2.24, 2.45) is 0 Å². The van der Waals surface area contributed by atoms with E-state index in [-0.39, 0.29) is 17.0 Å². The second-order valence-corrected chi connectivity index (χ2v) is 5.90. The Labute approximate surface area is 165 Å². The van der Waals surface area contributed by atoms with Crippen molar-refractivity contribution in [2.75, 3.05) is 19.0 Å². The molecule has 0 aliphatic rings. The maximum absolute atomic E-state index is 12.4. The van der Waals surface area contributed by atoms with Crippen LogP contribution in [0.2, 0.25) is 0 Å². The van der Waals surface area contributed by atoms with Crippen molar-refractivity contribution in [2.45, 2.75) is 6.61 Å². The number of anilines is 1. The number of amides is 1. The number of halogens is 2. The summed E-state index contributed by atoms with van der Waals surface area (Å²) in [6.07, 6.45) is 0. The fourth-order valence-corrected chi connectivity index (χ4v) is 2.71. The number of fused-ring (bicyclic) bond motifs is 1. The predicted molar refractivity (Wildman–Crippen MR) is 102 cm³/mol. The van der Waals surface area contributed by atoms with Crippen molar-refractivity contribution in [3.8, 4) is 11.5 Å². The molecule has 0 bridgehead atoms. The minimum Gasteiger partial charge on any atom is -0.496 e. The Hall–Kier alpha value is -3.68. The summed E-state index contributed by atoms with van der Waals surface area (Å²) in [5, 5.41) is 4.07. The summed E-state index contributed by atoms with van der Waals surface area (Å²) >= 11 is 0. The maximum Gasteiger partial charge on any atom is 0.387 e. The highest BCUT2D eigenvalue weighted by Gasteiger charge is 2.17. The number of carbonyl (C=O) groups excluding carboxylic acids is 2. The fourth-order valence-electron chi connectivity index (χ4n) is 2.71. The molecule has 0 aliphatic carbocycles. The SMILES string of the molecule is COc1cc2ccccc2cc1C(=O)OCC(=O)Nc1ccccc1OC(F)F. The van der Waals surface area contributed by atoms with E-state index in [9.17, 15) is 18.4 Å². The molecule has 0 fully saturated rings. The van der Waals surface area contributed by atoms with E-state index in [0.29, 0.717) is 5.75 Å². The number of hydrogen-bond acceptors (Lipinski definition) is 5. The fraction of sp³-hybridized carbons (Fsp3) is 0.143. The van der Waals surface area contributed by atoms with Gasteiger partial charge in [0.2, 0.25) is 0 Å². The highest BCUT2D eigenvalue weighted by Crippen LogP contribution is 2.27. The molecule has 0 aromatic heterocycles. The molecule has 0 saturated heterocycles. The van der Waals surface area contributed by atoms with Gasteiger partial charge in [-0.25, -0.2) is 4.79 Å². The topological polar surface area (TPSA) is 73.9 Å². The highest BCUT2D eigenvalue weighted by molar-refractivity contribution is 6.00. The first kappa shape index (κ1) is 20.1. The molecule has 3 rings (SSSR count). The van der Waals surface area contributed by atoms with Gasteiger partial charge in [0.05, 0.1) is 12.8 Å². The second kappa shape index (κ2) is 9.01. The first-order valence-electron chi connectivity index (χ1n) is 8.55. The number of nitrogens with one attached hydrogen (secondary N) is 1. The maximum atomic E-state index is 12.4. The molecule has 0 atom stereocenters. The number of alkyl halides is 2. The monoisotopic (exact) mass is 401 g/mol. The van der Waals surface area contributed by atoms with Gasteiger partial charge in [-0.2, -0.15) is 8.78 Å². The number of methoxy groups -OCH3 is 1. The molecule has 0 aliphatic heterocycles. The Morgan fingerprint density at radius 1 is 0.966 bits per heavy atom. The van der Waals surface area contributed by atoms with Crippen LogP contribution in [0, 0.1) is 0 Å². The summed E-state index contributed by atoms with van der Waals surface area (Å²) in [5.41, 5.74) is 0.206. The van der Waals surface area contributed by atoms with E-state index in [4.69, 9.17) is 9.47 Å². The molecule has 0 radical (unpaired) electrons. The van der Waals surface area contributed by atoms with Gasteiger partial charge in [0.1, 0.15) is 17.1 Å². The Balaban J connectivity index is 1.68. The van der Waals surface area contributed by atoms with Crippen LogP contribution in [0.1, 0.15) is 10.4 Å². The van der Waals surface area contributed by atoms with Crippen LogP contribution < -0.4 is 14.8 Å². The van der Waals surface area contributed by atoms with Crippen molar-refractivity contribution in [3.63, 3.8) is 0 Å². The van der Waals surface area contributed by atoms with Crippen molar-refractivity contribution in [3.05, 3.63) is 66.2 Å². The van der Waals surface area contributed by atoms with Crippen LogP contribution in [0.5, 0.6) is 11.5 Å². The number of para-hydroxylation sites is 2. The lowest BCUT2D eigenvalue weighted by Crippen LogP contribution is -2.21. The van der Waals surface area contributed by atoms with E-state index in [1.807, 2.05) is 24.3 Å². The molecule has 150 valence electrons. The number of hydrogen-bond donors (Lipinski definition) is 1. The van der Waals surface area contributed by atoms with Crippen LogP contribution in [-0.2, 0) is 9.53 Å². The van der Waals surface area contributed by atoms with Gasteiger partial charge in [0.15, 0.2) is 6.61 Å². The molecular weight excluding hydrogens is 384 g/mol. The van der Waals surface area contributed by atoms with Crippen LogP contribution >= 0.6 is 0 Å². The Morgan fingerprint density at radius 2 is 1.62 bits per heavy atom. The molecular formula is C21H17F2NO5. The van der Waals surface area contributed by atoms with Crippen molar-refractivity contribution in [1.82, 2.24) is 0 Å². The van der Waals surface area contributed by atoms with E-state index in [1.165, 1.54) is 25.3 Å². The van der Waals surface area contributed by atoms with Gasteiger partial charge in [-0.05, 0) is 35.0 Å². The molecule has 8 heteroatoms. The van der Waals surface area contributed by atoms with Crippen molar-refractivity contribution >= 4 is 28.3 Å². The lowest BCUT2D eigenvalue weighted by molar-refractivity contribution is -0.119. The Bertz CT molecular complexity index is 1040. The number of esters is 1. The number of ether oxygens (including phenoxy) is 3. The third-order valence-electron chi connectivity index (χ3n) is 4.00. The lowest BCUT2D eigenvalue weighted by Gasteiger charge is -2.12. The lowest BCUT2D eigenvalue weighted by atomic mass is 10.1. The number of carbonyl (C=O) groups is 2. The largest absolute Gasteiger partial charge is 0.496 e. The zero-order chi connectivity index (χ0) is 20.8. The van der Waals surface area contributed by atoms with E-state index in [0.717, 1.165) is 10.8 Å². The minimum absolute atomic E-state index is 0.0390. The predicted octanol–water partition coefficient (Wildman–Crippen LogP) is 4.25. The summed E-state index contributed by atoms with van der Waals surface area (Å²) in [6.45, 7) is -3.65. The average molecular weight is 401 g/mol. The van der Waals surface area contributed by atoms with Crippen LogP contribution in [0.3, 0.4) is 0 Å². The molecule has 0 saturated carbocycles. The van der Waals surface area contributed by atoms with E-state index in [1.54, 1.807) is 18.2 Å². The summed E-state index contributed by atoms with van der Waals surface area (Å²) in [7, 11) is 1.42. The summed E-state index contributed by atoms with van der Waals surface area (Å²) in [4.78, 5) is 24.5. The first-order valence-corrected chi connectivity index (χ1v) is 8.55. The van der Waals surface area contributed by atoms with Crippen LogP contribution in [0.25, 0.3) is 10.8 Å². The zero-order valence-electron chi connectivity index (χ0n) is 15.4. The highest BCUT2D eigenvalue weighted by atomic mass is 19.3. The van der Waals surface area contributed by atoms with Gasteiger partial charge in [-0.15, -0.1) is 0 Å². The minimum atomic E-state index is -3.04. The molecule has 0 spiro atoms. The smallest absolute Gasteiger partial charge is 0.387 e. The standard InChI is InChI=1S/C21H17F2NO5/c1-27-18-11-14-7-3-2-6-13(14)10-15(18)20(26)28-12-19(25)24-16-8-4-5-9-17(16)29-21(22)23/h2-11,21H,12H2,1H3,(H,24,25). The molecule has 3 aromatic carbocycles. The molecule has 0 unspecified atom stereocenters. The van der Waals surface area contributed by atoms with Gasteiger partial charge in [-0.1, -0.05) is 36.4 Å². The van der Waals surface area contributed by atoms with Crippen LogP contribution in [-0.4, -0.2) is 32.2 Å². The molecule has 1 amide bonds. The van der Waals surface area contributed by atoms with Gasteiger partial charge >= 0.3 is 12.6 Å². The molecule has 1 N–H and O–H groups in total. The third-order valence-corrected chi connectivity index (χ3v) is 4.00. The van der Waals surface area contributed by atoms with Gasteiger partial charge in [-0.3, -0.25) is 4.79 Å². The van der Waals surface area contributed by atoms with Crippen molar-refractivity contribution in [1.29, 1.82) is 0 Å². The first-order chi connectivity index (χ1) is 14.0. The zero-order valence-corrected chi connectivity index (χ0v) is 15.4. The van der Waals surface area contributed by atoms with Gasteiger partial charge in [0, 0.05) is 0 Å². The van der Waals surface area contributed by atoms with Crippen LogP contribution in [0.4, 0.5) is 14.5 Å². The quantitative estimate of drug-likeness (QED) is 0.600. The number of rotatable bonds is 7. The average Bonchev–Trinajstić information content (AvgIpc) is 2.72. The van der Waals surface area contributed by atoms with E-state index >= 15 is 0 Å². The summed E-state index contributed by atoms with van der Waals surface area (Å²) in [6, 6.07) is 16.4. The van der Waals surface area contributed by atoms with Crippen LogP contribution in [0.15, 0.2) is 60.7 Å². The molecule has 0 heterocycles.